The molecule has 1 aromatic rings. The van der Waals surface area contributed by atoms with Gasteiger partial charge in [0, 0.05) is 26.5 Å². The normalized spacial score (nSPS) is 10.0. The summed E-state index contributed by atoms with van der Waals surface area (Å²) in [5.41, 5.74) is 0. The predicted octanol–water partition coefficient (Wildman–Crippen LogP) is -0.147. The molecule has 0 aliphatic rings. The standard InChI is InChI=1S/C9H13N3O3/c1-11-4-3-10-7(11)6-12(2)8(13)5-9(14)15/h3-4H,5-6H2,1-2H3,(H,14,15). The van der Waals surface area contributed by atoms with E-state index in [2.05, 4.69) is 4.98 Å². The minimum absolute atomic E-state index is 0.315. The first kappa shape index (κ1) is 11.2. The molecule has 1 N–H and O–H groups in total. The van der Waals surface area contributed by atoms with E-state index in [4.69, 9.17) is 5.11 Å². The predicted molar refractivity (Wildman–Crippen MR) is 51.9 cm³/mol. The van der Waals surface area contributed by atoms with Crippen LogP contribution in [-0.2, 0) is 23.2 Å². The van der Waals surface area contributed by atoms with E-state index in [0.717, 1.165) is 5.82 Å². The fourth-order valence-electron chi connectivity index (χ4n) is 1.11. The number of carbonyl (C=O) groups excluding carboxylic acids is 1. The Morgan fingerprint density at radius 3 is 2.73 bits per heavy atom. The van der Waals surface area contributed by atoms with E-state index in [1.807, 2.05) is 7.05 Å². The molecule has 0 radical (unpaired) electrons. The zero-order valence-corrected chi connectivity index (χ0v) is 8.67. The van der Waals surface area contributed by atoms with Crippen molar-refractivity contribution >= 4 is 11.9 Å². The highest BCUT2D eigenvalue weighted by atomic mass is 16.4. The molecule has 1 heterocycles. The summed E-state index contributed by atoms with van der Waals surface area (Å²) in [7, 11) is 3.37. The number of imidazole rings is 1. The van der Waals surface area contributed by atoms with Crippen molar-refractivity contribution in [3.63, 3.8) is 0 Å². The van der Waals surface area contributed by atoms with E-state index in [9.17, 15) is 9.59 Å². The Morgan fingerprint density at radius 2 is 2.27 bits per heavy atom. The molecule has 0 aromatic carbocycles. The largest absolute Gasteiger partial charge is 0.481 e. The summed E-state index contributed by atoms with van der Waals surface area (Å²) in [4.78, 5) is 27.0. The smallest absolute Gasteiger partial charge is 0.312 e. The van der Waals surface area contributed by atoms with Crippen LogP contribution in [0.1, 0.15) is 12.2 Å². The highest BCUT2D eigenvalue weighted by Crippen LogP contribution is 2.01. The van der Waals surface area contributed by atoms with Crippen molar-refractivity contribution in [1.29, 1.82) is 0 Å². The molecule has 0 saturated carbocycles. The van der Waals surface area contributed by atoms with Gasteiger partial charge in [0.05, 0.1) is 6.54 Å². The zero-order valence-electron chi connectivity index (χ0n) is 8.67. The first-order chi connectivity index (χ1) is 7.00. The van der Waals surface area contributed by atoms with Gasteiger partial charge in [0.15, 0.2) is 0 Å². The summed E-state index contributed by atoms with van der Waals surface area (Å²) in [5.74, 6) is -0.826. The summed E-state index contributed by atoms with van der Waals surface area (Å²) in [6, 6.07) is 0. The molecular weight excluding hydrogens is 198 g/mol. The molecule has 1 rings (SSSR count). The SMILES string of the molecule is CN(Cc1nccn1C)C(=O)CC(=O)O. The second-order valence-corrected chi connectivity index (χ2v) is 3.27. The van der Waals surface area contributed by atoms with Crippen molar-refractivity contribution in [2.45, 2.75) is 13.0 Å². The van der Waals surface area contributed by atoms with Crippen LogP contribution in [-0.4, -0.2) is 38.5 Å². The lowest BCUT2D eigenvalue weighted by molar-refractivity contribution is -0.143. The van der Waals surface area contributed by atoms with Crippen LogP contribution in [0.4, 0.5) is 0 Å². The first-order valence-corrected chi connectivity index (χ1v) is 4.42. The van der Waals surface area contributed by atoms with Gasteiger partial charge < -0.3 is 14.6 Å². The van der Waals surface area contributed by atoms with Crippen molar-refractivity contribution in [3.8, 4) is 0 Å². The fraction of sp³-hybridized carbons (Fsp3) is 0.444. The number of nitrogens with zero attached hydrogens (tertiary/aromatic N) is 3. The number of aryl methyl sites for hydroxylation is 1. The van der Waals surface area contributed by atoms with Crippen molar-refractivity contribution in [2.75, 3.05) is 7.05 Å². The van der Waals surface area contributed by atoms with E-state index in [-0.39, 0.29) is 0 Å². The van der Waals surface area contributed by atoms with Gasteiger partial charge in [0.1, 0.15) is 12.2 Å². The topological polar surface area (TPSA) is 75.4 Å². The lowest BCUT2D eigenvalue weighted by Gasteiger charge is -2.15. The number of carboxylic acids is 1. The third kappa shape index (κ3) is 3.08. The summed E-state index contributed by atoms with van der Waals surface area (Å²) in [6.45, 7) is 0.315. The number of amides is 1. The zero-order chi connectivity index (χ0) is 11.4. The Bertz CT molecular complexity index is 372. The maximum Gasteiger partial charge on any atom is 0.312 e. The van der Waals surface area contributed by atoms with Gasteiger partial charge in [-0.3, -0.25) is 9.59 Å². The Morgan fingerprint density at radius 1 is 1.60 bits per heavy atom. The van der Waals surface area contributed by atoms with E-state index >= 15 is 0 Å². The van der Waals surface area contributed by atoms with Crippen molar-refractivity contribution in [3.05, 3.63) is 18.2 Å². The first-order valence-electron chi connectivity index (χ1n) is 4.42. The molecule has 1 amide bonds. The van der Waals surface area contributed by atoms with Crippen LogP contribution < -0.4 is 0 Å². The highest BCUT2D eigenvalue weighted by Gasteiger charge is 2.14. The third-order valence-corrected chi connectivity index (χ3v) is 2.03. The summed E-state index contributed by atoms with van der Waals surface area (Å²) in [6.07, 6.45) is 2.91. The minimum Gasteiger partial charge on any atom is -0.481 e. The third-order valence-electron chi connectivity index (χ3n) is 2.03. The Hall–Kier alpha value is -1.85. The molecule has 0 aliphatic heterocycles. The van der Waals surface area contributed by atoms with Gasteiger partial charge in [0.25, 0.3) is 0 Å². The van der Waals surface area contributed by atoms with E-state index in [0.29, 0.717) is 6.54 Å². The van der Waals surface area contributed by atoms with E-state index in [1.165, 1.54) is 4.90 Å². The molecule has 0 spiro atoms. The summed E-state index contributed by atoms with van der Waals surface area (Å²) >= 11 is 0. The monoisotopic (exact) mass is 211 g/mol. The molecule has 6 heteroatoms. The van der Waals surface area contributed by atoms with Crippen molar-refractivity contribution < 1.29 is 14.7 Å². The molecule has 0 saturated heterocycles. The van der Waals surface area contributed by atoms with Gasteiger partial charge in [-0.15, -0.1) is 0 Å². The van der Waals surface area contributed by atoms with Gasteiger partial charge in [-0.1, -0.05) is 0 Å². The van der Waals surface area contributed by atoms with Gasteiger partial charge in [-0.05, 0) is 0 Å². The number of rotatable bonds is 4. The molecule has 82 valence electrons. The number of hydrogen-bond acceptors (Lipinski definition) is 3. The van der Waals surface area contributed by atoms with E-state index in [1.54, 1.807) is 24.0 Å². The van der Waals surface area contributed by atoms with Crippen molar-refractivity contribution in [2.24, 2.45) is 7.05 Å². The quantitative estimate of drug-likeness (QED) is 0.703. The van der Waals surface area contributed by atoms with Gasteiger partial charge in [0.2, 0.25) is 5.91 Å². The lowest BCUT2D eigenvalue weighted by atomic mass is 10.3. The minimum atomic E-state index is -1.12. The van der Waals surface area contributed by atoms with Crippen LogP contribution in [0.3, 0.4) is 0 Å². The number of hydrogen-bond donors (Lipinski definition) is 1. The van der Waals surface area contributed by atoms with Crippen LogP contribution in [0.5, 0.6) is 0 Å². The second-order valence-electron chi connectivity index (χ2n) is 3.27. The number of aliphatic carboxylic acids is 1. The molecular formula is C9H13N3O3. The van der Waals surface area contributed by atoms with Crippen molar-refractivity contribution in [1.82, 2.24) is 14.5 Å². The van der Waals surface area contributed by atoms with Crippen LogP contribution in [0.15, 0.2) is 12.4 Å². The molecule has 0 aliphatic carbocycles. The van der Waals surface area contributed by atoms with Crippen LogP contribution in [0, 0.1) is 0 Å². The highest BCUT2D eigenvalue weighted by molar-refractivity contribution is 5.93. The molecule has 0 atom stereocenters. The van der Waals surface area contributed by atoms with Crippen LogP contribution >= 0.6 is 0 Å². The van der Waals surface area contributed by atoms with Gasteiger partial charge >= 0.3 is 5.97 Å². The van der Waals surface area contributed by atoms with Crippen LogP contribution in [0.25, 0.3) is 0 Å². The molecule has 0 bridgehead atoms. The summed E-state index contributed by atoms with van der Waals surface area (Å²) < 4.78 is 1.78. The Labute approximate surface area is 87.1 Å². The molecule has 6 nitrogen and oxygen atoms in total. The number of aromatic nitrogens is 2. The van der Waals surface area contributed by atoms with Crippen LogP contribution in [0.2, 0.25) is 0 Å². The average molecular weight is 211 g/mol. The summed E-state index contributed by atoms with van der Waals surface area (Å²) in [5, 5.41) is 8.45. The Balaban J connectivity index is 2.56. The Kier molecular flexibility index (Phi) is 3.43. The van der Waals surface area contributed by atoms with Gasteiger partial charge in [-0.25, -0.2) is 4.98 Å². The van der Waals surface area contributed by atoms with Gasteiger partial charge in [-0.2, -0.15) is 0 Å². The number of carboxylic acid groups (broad SMARTS) is 1. The molecule has 0 fully saturated rings. The lowest BCUT2D eigenvalue weighted by Crippen LogP contribution is -2.29. The maximum atomic E-state index is 11.3. The average Bonchev–Trinajstić information content (AvgIpc) is 2.50. The second kappa shape index (κ2) is 4.59. The van der Waals surface area contributed by atoms with E-state index < -0.39 is 18.3 Å². The number of carbonyl (C=O) groups is 2. The maximum absolute atomic E-state index is 11.3. The fourth-order valence-corrected chi connectivity index (χ4v) is 1.11. The molecule has 1 aromatic heterocycles. The molecule has 15 heavy (non-hydrogen) atoms. The molecule has 0 unspecified atom stereocenters.